The molecule has 1 amide bonds. The van der Waals surface area contributed by atoms with Gasteiger partial charge < -0.3 is 25.8 Å². The van der Waals surface area contributed by atoms with E-state index in [0.29, 0.717) is 23.9 Å². The second kappa shape index (κ2) is 7.13. The Kier molecular flexibility index (Phi) is 4.79. The molecule has 0 bridgehead atoms. The summed E-state index contributed by atoms with van der Waals surface area (Å²) in [5.41, 5.74) is 5.01. The number of epoxide rings is 1. The lowest BCUT2D eigenvalue weighted by molar-refractivity contribution is -0.158. The van der Waals surface area contributed by atoms with Gasteiger partial charge in [-0.3, -0.25) is 15.1 Å². The van der Waals surface area contributed by atoms with Crippen molar-refractivity contribution in [3.63, 3.8) is 0 Å². The van der Waals surface area contributed by atoms with E-state index < -0.39 is 11.6 Å². The normalized spacial score (nSPS) is 38.2. The molecule has 0 aromatic carbocycles. The zero-order valence-corrected chi connectivity index (χ0v) is 17.9. The molecule has 164 valence electrons. The van der Waals surface area contributed by atoms with Crippen molar-refractivity contribution in [1.82, 2.24) is 15.1 Å². The third-order valence-corrected chi connectivity index (χ3v) is 8.92. The predicted octanol–water partition coefficient (Wildman–Crippen LogP) is 0.514. The third kappa shape index (κ3) is 3.03. The monoisotopic (exact) mass is 435 g/mol. The number of likely N-dealkylation sites (tertiary alicyclic amines) is 1. The molecular formula is C20H29N5O4S. The van der Waals surface area contributed by atoms with Gasteiger partial charge in [-0.05, 0) is 32.1 Å². The Morgan fingerprint density at radius 1 is 1.30 bits per heavy atom. The molecule has 0 aromatic rings. The Morgan fingerprint density at radius 2 is 2.00 bits per heavy atom. The Labute approximate surface area is 179 Å². The molecule has 1 spiro atoms. The van der Waals surface area contributed by atoms with Crippen molar-refractivity contribution in [1.29, 1.82) is 5.41 Å². The lowest BCUT2D eigenvalue weighted by Gasteiger charge is -2.43. The fourth-order valence-electron chi connectivity index (χ4n) is 5.69. The van der Waals surface area contributed by atoms with Gasteiger partial charge in [-0.2, -0.15) is 0 Å². The molecule has 9 nitrogen and oxygen atoms in total. The number of β-lactam (4-membered cyclic amide) rings is 1. The summed E-state index contributed by atoms with van der Waals surface area (Å²) in [5.74, 6) is -1.04. The van der Waals surface area contributed by atoms with Gasteiger partial charge in [0.05, 0.1) is 12.6 Å². The number of aliphatic carboxylic acids is 1. The lowest BCUT2D eigenvalue weighted by Crippen LogP contribution is -2.67. The van der Waals surface area contributed by atoms with Crippen LogP contribution in [0, 0.1) is 11.3 Å². The van der Waals surface area contributed by atoms with E-state index >= 15 is 0 Å². The SMILES string of the molecule is CC1C(SC2CCC(NC3CCN(C(=N)N)CC3)C2)=C(C(=O)O)N2C(=O)C3(CO3)C12. The summed E-state index contributed by atoms with van der Waals surface area (Å²) in [4.78, 5) is 28.6. The molecule has 5 aliphatic rings. The van der Waals surface area contributed by atoms with Crippen LogP contribution in [-0.4, -0.2) is 81.4 Å². The molecule has 5 rings (SSSR count). The average Bonchev–Trinajstić information content (AvgIpc) is 3.36. The number of rotatable bonds is 5. The van der Waals surface area contributed by atoms with Gasteiger partial charge in [-0.1, -0.05) is 6.92 Å². The summed E-state index contributed by atoms with van der Waals surface area (Å²) in [7, 11) is 0. The maximum atomic E-state index is 12.5. The number of ether oxygens (including phenoxy) is 1. The van der Waals surface area contributed by atoms with E-state index in [-0.39, 0.29) is 29.5 Å². The molecule has 4 heterocycles. The van der Waals surface area contributed by atoms with Crippen molar-refractivity contribution in [2.24, 2.45) is 11.7 Å². The summed E-state index contributed by atoms with van der Waals surface area (Å²) in [5, 5.41) is 21.5. The van der Waals surface area contributed by atoms with Crippen molar-refractivity contribution < 1.29 is 19.4 Å². The first kappa shape index (κ1) is 20.1. The van der Waals surface area contributed by atoms with Crippen LogP contribution < -0.4 is 11.1 Å². The number of piperidine rings is 1. The molecular weight excluding hydrogens is 406 g/mol. The van der Waals surface area contributed by atoms with Crippen molar-refractivity contribution in [3.8, 4) is 0 Å². The Morgan fingerprint density at radius 3 is 2.60 bits per heavy atom. The molecule has 0 aromatic heterocycles. The molecule has 5 atom stereocenters. The van der Waals surface area contributed by atoms with E-state index in [1.165, 1.54) is 4.90 Å². The molecule has 4 fully saturated rings. The van der Waals surface area contributed by atoms with E-state index in [1.54, 1.807) is 11.8 Å². The Balaban J connectivity index is 1.20. The van der Waals surface area contributed by atoms with E-state index in [9.17, 15) is 14.7 Å². The topological polar surface area (TPSA) is 135 Å². The number of carbonyl (C=O) groups excluding carboxylic acids is 1. The van der Waals surface area contributed by atoms with E-state index in [4.69, 9.17) is 15.9 Å². The van der Waals surface area contributed by atoms with Crippen LogP contribution in [0.3, 0.4) is 0 Å². The first-order valence-electron chi connectivity index (χ1n) is 10.8. The van der Waals surface area contributed by atoms with Crippen LogP contribution in [0.25, 0.3) is 0 Å². The molecule has 5 N–H and O–H groups in total. The van der Waals surface area contributed by atoms with Crippen LogP contribution >= 0.6 is 11.8 Å². The number of nitrogens with zero attached hydrogens (tertiary/aromatic N) is 2. The number of nitrogens with one attached hydrogen (secondary N) is 2. The number of guanidine groups is 1. The number of amides is 1. The summed E-state index contributed by atoms with van der Waals surface area (Å²) < 4.78 is 5.44. The minimum absolute atomic E-state index is 0.00391. The van der Waals surface area contributed by atoms with Crippen molar-refractivity contribution >= 4 is 29.6 Å². The van der Waals surface area contributed by atoms with Crippen molar-refractivity contribution in [2.45, 2.75) is 68.0 Å². The maximum absolute atomic E-state index is 12.5. The van der Waals surface area contributed by atoms with Gasteiger partial charge in [0, 0.05) is 41.2 Å². The minimum Gasteiger partial charge on any atom is -0.477 e. The van der Waals surface area contributed by atoms with Gasteiger partial charge in [0.25, 0.3) is 5.91 Å². The molecule has 0 radical (unpaired) electrons. The molecule has 1 saturated carbocycles. The van der Waals surface area contributed by atoms with Crippen LogP contribution in [0.4, 0.5) is 0 Å². The predicted molar refractivity (Wildman–Crippen MR) is 112 cm³/mol. The number of thioether (sulfide) groups is 1. The number of hydrogen-bond acceptors (Lipinski definition) is 6. The maximum Gasteiger partial charge on any atom is 0.353 e. The highest BCUT2D eigenvalue weighted by molar-refractivity contribution is 8.03. The third-order valence-electron chi connectivity index (χ3n) is 7.34. The van der Waals surface area contributed by atoms with Gasteiger partial charge in [-0.25, -0.2) is 4.79 Å². The van der Waals surface area contributed by atoms with Crippen molar-refractivity contribution in [2.75, 3.05) is 19.7 Å². The Bertz CT molecular complexity index is 820. The largest absolute Gasteiger partial charge is 0.477 e. The minimum atomic E-state index is -1.01. The highest BCUT2D eigenvalue weighted by Crippen LogP contribution is 2.58. The van der Waals surface area contributed by atoms with Gasteiger partial charge in [-0.15, -0.1) is 11.8 Å². The van der Waals surface area contributed by atoms with Gasteiger partial charge >= 0.3 is 5.97 Å². The molecule has 1 aliphatic carbocycles. The van der Waals surface area contributed by atoms with Gasteiger partial charge in [0.1, 0.15) is 5.70 Å². The summed E-state index contributed by atoms with van der Waals surface area (Å²) in [6, 6.07) is 0.721. The number of carbonyl (C=O) groups is 2. The van der Waals surface area contributed by atoms with Crippen LogP contribution in [0.5, 0.6) is 0 Å². The highest BCUT2D eigenvalue weighted by Gasteiger charge is 2.76. The molecule has 5 unspecified atom stereocenters. The summed E-state index contributed by atoms with van der Waals surface area (Å²) in [6.45, 7) is 4.08. The lowest BCUT2D eigenvalue weighted by atomic mass is 9.82. The number of carboxylic acid groups (broad SMARTS) is 1. The van der Waals surface area contributed by atoms with Crippen LogP contribution in [0.15, 0.2) is 10.6 Å². The molecule has 4 aliphatic heterocycles. The number of fused-ring (bicyclic) bond motifs is 2. The number of carboxylic acids is 1. The first-order chi connectivity index (χ1) is 14.3. The van der Waals surface area contributed by atoms with Crippen LogP contribution in [0.2, 0.25) is 0 Å². The van der Waals surface area contributed by atoms with E-state index in [2.05, 4.69) is 5.32 Å². The number of nitrogens with two attached hydrogens (primary N) is 1. The molecule has 3 saturated heterocycles. The first-order valence-corrected chi connectivity index (χ1v) is 11.7. The highest BCUT2D eigenvalue weighted by atomic mass is 32.2. The summed E-state index contributed by atoms with van der Waals surface area (Å²) in [6.07, 6.45) is 5.09. The standard InChI is InChI=1S/C20H29N5O4S/c1-10-15(14(17(26)27)25-16(10)20(9-29-20)18(25)28)30-13-3-2-12(8-13)23-11-4-6-24(7-5-11)19(21)22/h10-13,16,23H,2-9H2,1H3,(H3,21,22)(H,26,27). The summed E-state index contributed by atoms with van der Waals surface area (Å²) >= 11 is 1.66. The van der Waals surface area contributed by atoms with Gasteiger partial charge in [0.2, 0.25) is 0 Å². The zero-order valence-electron chi connectivity index (χ0n) is 17.1. The smallest absolute Gasteiger partial charge is 0.353 e. The van der Waals surface area contributed by atoms with E-state index in [1.807, 2.05) is 11.8 Å². The zero-order chi connectivity index (χ0) is 21.2. The average molecular weight is 436 g/mol. The van der Waals surface area contributed by atoms with Gasteiger partial charge in [0.15, 0.2) is 11.6 Å². The second-order valence-electron chi connectivity index (χ2n) is 9.17. The van der Waals surface area contributed by atoms with Crippen molar-refractivity contribution in [3.05, 3.63) is 10.6 Å². The second-order valence-corrected chi connectivity index (χ2v) is 10.5. The molecule has 30 heavy (non-hydrogen) atoms. The quantitative estimate of drug-likeness (QED) is 0.212. The fourth-order valence-corrected chi connectivity index (χ4v) is 7.27. The molecule has 10 heteroatoms. The Hall–Kier alpha value is -1.78. The van der Waals surface area contributed by atoms with Crippen LogP contribution in [-0.2, 0) is 14.3 Å². The number of hydrogen-bond donors (Lipinski definition) is 4. The van der Waals surface area contributed by atoms with E-state index in [0.717, 1.165) is 50.1 Å². The van der Waals surface area contributed by atoms with Crippen LogP contribution in [0.1, 0.15) is 39.0 Å². The fraction of sp³-hybridized carbons (Fsp3) is 0.750.